The van der Waals surface area contributed by atoms with E-state index < -0.39 is 34.6 Å². The summed E-state index contributed by atoms with van der Waals surface area (Å²) in [6, 6.07) is 7.18. The lowest BCUT2D eigenvalue weighted by Crippen LogP contribution is -2.23. The number of carbonyl (C=O) groups is 1. The van der Waals surface area contributed by atoms with Crippen LogP contribution in [-0.2, 0) is 0 Å². The van der Waals surface area contributed by atoms with Gasteiger partial charge in [0.2, 0.25) is 0 Å². The average Bonchev–Trinajstić information content (AvgIpc) is 2.80. The molecular weight excluding hydrogens is 429 g/mol. The van der Waals surface area contributed by atoms with E-state index >= 15 is 0 Å². The number of pyridine rings is 2. The van der Waals surface area contributed by atoms with Gasteiger partial charge in [0.15, 0.2) is 0 Å². The van der Waals surface area contributed by atoms with Gasteiger partial charge in [0, 0.05) is 12.2 Å². The number of hydrogen-bond donors (Lipinski definition) is 2. The number of nitrogens with zero attached hydrogens (tertiary/aromatic N) is 2. The molecule has 0 aliphatic carbocycles. The molecule has 174 valence electrons. The van der Waals surface area contributed by atoms with Gasteiger partial charge in [-0.25, -0.2) is 18.2 Å². The molecule has 0 fully saturated rings. The Hall–Kier alpha value is -3.26. The van der Waals surface area contributed by atoms with E-state index in [9.17, 15) is 18.0 Å². The van der Waals surface area contributed by atoms with E-state index in [0.717, 1.165) is 49.4 Å². The molecule has 2 atom stereocenters. The second-order valence-corrected chi connectivity index (χ2v) is 7.93. The third-order valence-corrected chi connectivity index (χ3v) is 5.57. The summed E-state index contributed by atoms with van der Waals surface area (Å²) in [5, 5.41) is 2.77. The maximum atomic E-state index is 14.4. The van der Waals surface area contributed by atoms with Gasteiger partial charge in [0.05, 0.1) is 17.4 Å². The van der Waals surface area contributed by atoms with Gasteiger partial charge in [-0.2, -0.15) is 0 Å². The fraction of sp³-hybridized carbons (Fsp3) is 0.320. The Kier molecular flexibility index (Phi) is 8.16. The molecule has 2 aromatic heterocycles. The predicted octanol–water partition coefficient (Wildman–Crippen LogP) is 5.82. The largest absolute Gasteiger partial charge is 0.328 e. The van der Waals surface area contributed by atoms with Crippen LogP contribution in [0.2, 0.25) is 0 Å². The fourth-order valence-electron chi connectivity index (χ4n) is 3.80. The maximum absolute atomic E-state index is 14.4. The second kappa shape index (κ2) is 11.0. The topological polar surface area (TPSA) is 80.9 Å². The number of aromatic nitrogens is 2. The van der Waals surface area contributed by atoms with Gasteiger partial charge in [-0.15, -0.1) is 0 Å². The van der Waals surface area contributed by atoms with Crippen molar-refractivity contribution in [2.24, 2.45) is 5.73 Å². The Morgan fingerprint density at radius 1 is 1.06 bits per heavy atom. The number of nitrogens with one attached hydrogen (secondary N) is 1. The number of benzene rings is 1. The zero-order chi connectivity index (χ0) is 24.0. The van der Waals surface area contributed by atoms with Crippen LogP contribution in [0.3, 0.4) is 0 Å². The molecule has 3 aromatic rings. The highest BCUT2D eigenvalue weighted by Crippen LogP contribution is 2.32. The summed E-state index contributed by atoms with van der Waals surface area (Å²) in [6.45, 7) is 4.11. The van der Waals surface area contributed by atoms with E-state index in [4.69, 9.17) is 5.73 Å². The number of rotatable bonds is 9. The van der Waals surface area contributed by atoms with Crippen LogP contribution in [0.15, 0.2) is 48.8 Å². The number of amides is 1. The summed E-state index contributed by atoms with van der Waals surface area (Å²) < 4.78 is 42.7. The molecule has 5 nitrogen and oxygen atoms in total. The highest BCUT2D eigenvalue weighted by Gasteiger charge is 2.22. The van der Waals surface area contributed by atoms with E-state index in [-0.39, 0.29) is 17.7 Å². The Morgan fingerprint density at radius 2 is 1.79 bits per heavy atom. The first kappa shape index (κ1) is 24.4. The van der Waals surface area contributed by atoms with Gasteiger partial charge >= 0.3 is 0 Å². The molecule has 0 radical (unpaired) electrons. The van der Waals surface area contributed by atoms with E-state index in [1.54, 1.807) is 6.20 Å². The Labute approximate surface area is 191 Å². The van der Waals surface area contributed by atoms with Gasteiger partial charge in [-0.05, 0) is 61.1 Å². The molecule has 0 unspecified atom stereocenters. The van der Waals surface area contributed by atoms with Crippen LogP contribution in [-0.4, -0.2) is 21.9 Å². The van der Waals surface area contributed by atoms with Crippen molar-refractivity contribution in [3.8, 4) is 11.3 Å². The Morgan fingerprint density at radius 3 is 2.45 bits per heavy atom. The van der Waals surface area contributed by atoms with Crippen LogP contribution >= 0.6 is 0 Å². The third-order valence-electron chi connectivity index (χ3n) is 5.57. The van der Waals surface area contributed by atoms with Crippen LogP contribution in [0.5, 0.6) is 0 Å². The minimum atomic E-state index is -0.969. The minimum absolute atomic E-state index is 0.0234. The minimum Gasteiger partial charge on any atom is -0.328 e. The van der Waals surface area contributed by atoms with Crippen molar-refractivity contribution in [1.82, 2.24) is 9.97 Å². The number of carbonyl (C=O) groups excluding carboxylic acids is 1. The van der Waals surface area contributed by atoms with Crippen LogP contribution in [0.1, 0.15) is 61.5 Å². The van der Waals surface area contributed by atoms with Crippen molar-refractivity contribution < 1.29 is 18.0 Å². The quantitative estimate of drug-likeness (QED) is 0.425. The average molecular weight is 457 g/mol. The molecule has 3 N–H and O–H groups in total. The molecule has 0 bridgehead atoms. The van der Waals surface area contributed by atoms with Gasteiger partial charge < -0.3 is 11.1 Å². The number of anilines is 1. The molecule has 33 heavy (non-hydrogen) atoms. The predicted molar refractivity (Wildman–Crippen MR) is 122 cm³/mol. The van der Waals surface area contributed by atoms with Crippen LogP contribution < -0.4 is 11.1 Å². The van der Waals surface area contributed by atoms with E-state index in [1.807, 2.05) is 13.0 Å². The van der Waals surface area contributed by atoms with E-state index in [2.05, 4.69) is 22.2 Å². The molecular formula is C25H27F3N4O. The van der Waals surface area contributed by atoms with E-state index in [0.29, 0.717) is 5.69 Å². The second-order valence-electron chi connectivity index (χ2n) is 7.93. The SMILES string of the molecule is CCC[C@H](C[C@@H](N)CC)c1ccncc1NC(=O)c1ccc(F)c(-c2c(F)cccc2F)n1. The lowest BCUT2D eigenvalue weighted by Gasteiger charge is -2.22. The molecule has 0 spiro atoms. The van der Waals surface area contributed by atoms with Gasteiger partial charge in [-0.3, -0.25) is 9.78 Å². The number of nitrogens with two attached hydrogens (primary N) is 1. The molecule has 3 rings (SSSR count). The third kappa shape index (κ3) is 5.76. The summed E-state index contributed by atoms with van der Waals surface area (Å²) in [4.78, 5) is 21.0. The normalized spacial score (nSPS) is 12.9. The molecule has 0 aliphatic rings. The summed E-state index contributed by atoms with van der Waals surface area (Å²) >= 11 is 0. The highest BCUT2D eigenvalue weighted by molar-refractivity contribution is 6.03. The van der Waals surface area contributed by atoms with Crippen molar-refractivity contribution in [3.05, 3.63) is 77.5 Å². The highest BCUT2D eigenvalue weighted by atomic mass is 19.1. The fourth-order valence-corrected chi connectivity index (χ4v) is 3.80. The van der Waals surface area contributed by atoms with Gasteiger partial charge in [0.25, 0.3) is 5.91 Å². The number of halogens is 3. The Balaban J connectivity index is 1.93. The van der Waals surface area contributed by atoms with Crippen LogP contribution in [0, 0.1) is 17.5 Å². The van der Waals surface area contributed by atoms with Crippen LogP contribution in [0.4, 0.5) is 18.9 Å². The zero-order valence-corrected chi connectivity index (χ0v) is 18.6. The van der Waals surface area contributed by atoms with E-state index in [1.165, 1.54) is 18.3 Å². The molecule has 0 aliphatic heterocycles. The molecule has 8 heteroatoms. The van der Waals surface area contributed by atoms with Gasteiger partial charge in [0.1, 0.15) is 28.8 Å². The van der Waals surface area contributed by atoms with Crippen molar-refractivity contribution in [2.75, 3.05) is 5.32 Å². The first-order chi connectivity index (χ1) is 15.8. The lowest BCUT2D eigenvalue weighted by atomic mass is 9.87. The van der Waals surface area contributed by atoms with Crippen molar-refractivity contribution in [1.29, 1.82) is 0 Å². The molecule has 0 saturated carbocycles. The van der Waals surface area contributed by atoms with Crippen molar-refractivity contribution >= 4 is 11.6 Å². The summed E-state index contributed by atoms with van der Waals surface area (Å²) in [6.07, 6.45) is 6.60. The molecule has 1 aromatic carbocycles. The molecule has 0 saturated heterocycles. The summed E-state index contributed by atoms with van der Waals surface area (Å²) in [7, 11) is 0. The standard InChI is InChI=1S/C25H27F3N4O/c1-3-6-15(13-16(29)4-2)17-11-12-30-14-22(17)32-25(33)21-10-9-20(28)24(31-21)23-18(26)7-5-8-19(23)27/h5,7-12,14-16H,3-4,6,13,29H2,1-2H3,(H,32,33)/t15-,16+/m1/s1. The van der Waals surface area contributed by atoms with Crippen molar-refractivity contribution in [3.63, 3.8) is 0 Å². The molecule has 2 heterocycles. The van der Waals surface area contributed by atoms with Gasteiger partial charge in [-0.1, -0.05) is 26.3 Å². The number of hydrogen-bond acceptors (Lipinski definition) is 4. The lowest BCUT2D eigenvalue weighted by molar-refractivity contribution is 0.102. The Bertz CT molecular complexity index is 1100. The van der Waals surface area contributed by atoms with Crippen LogP contribution in [0.25, 0.3) is 11.3 Å². The monoisotopic (exact) mass is 456 g/mol. The first-order valence-electron chi connectivity index (χ1n) is 11.0. The zero-order valence-electron chi connectivity index (χ0n) is 18.6. The summed E-state index contributed by atoms with van der Waals surface area (Å²) in [5.74, 6) is -3.40. The summed E-state index contributed by atoms with van der Waals surface area (Å²) in [5.41, 5.74) is 6.21. The molecule has 1 amide bonds. The smallest absolute Gasteiger partial charge is 0.274 e. The maximum Gasteiger partial charge on any atom is 0.274 e. The van der Waals surface area contributed by atoms with Crippen molar-refractivity contribution in [2.45, 2.75) is 51.5 Å². The first-order valence-corrected chi connectivity index (χ1v) is 11.0.